The van der Waals surface area contributed by atoms with Crippen LogP contribution in [-0.4, -0.2) is 29.2 Å². The quantitative estimate of drug-likeness (QED) is 0.456. The Bertz CT molecular complexity index is 733. The number of hydrogen-bond acceptors (Lipinski definition) is 5. The number of nitrogens with zero attached hydrogens (tertiary/aromatic N) is 1. The summed E-state index contributed by atoms with van der Waals surface area (Å²) in [5, 5.41) is 1.64. The van der Waals surface area contributed by atoms with Crippen LogP contribution in [-0.2, 0) is 14.3 Å². The van der Waals surface area contributed by atoms with Gasteiger partial charge in [-0.15, -0.1) is 0 Å². The summed E-state index contributed by atoms with van der Waals surface area (Å²) in [4.78, 5) is 20.1. The number of carbonyl (C=O) groups is 1. The number of H-pyrrole nitrogens is 1. The second kappa shape index (κ2) is 10.00. The van der Waals surface area contributed by atoms with E-state index in [0.717, 1.165) is 27.9 Å². The highest BCUT2D eigenvalue weighted by Gasteiger charge is 2.20. The van der Waals surface area contributed by atoms with Crippen molar-refractivity contribution in [2.24, 2.45) is 0 Å². The monoisotopic (exact) mass is 396 g/mol. The van der Waals surface area contributed by atoms with E-state index in [2.05, 4.69) is 18.8 Å². The summed E-state index contributed by atoms with van der Waals surface area (Å²) in [6.45, 7) is 8.26. The maximum absolute atomic E-state index is 10.8. The van der Waals surface area contributed by atoms with E-state index in [9.17, 15) is 4.79 Å². The zero-order valence-corrected chi connectivity index (χ0v) is 17.1. The molecule has 1 N–H and O–H groups in total. The molecule has 1 unspecified atom stereocenters. The Morgan fingerprint density at radius 3 is 2.73 bits per heavy atom. The standard InChI is InChI=1S/C19H25ClN2O3S/c1-5-16(25-10-9-24-13(4)23)18-21-17(12(2)3)19(22-18)26-15-8-6-7-14(20)11-15/h6-8,11-12,16H,5,9-10H2,1-4H3,(H,21,22). The smallest absolute Gasteiger partial charge is 0.302 e. The first-order valence-corrected chi connectivity index (χ1v) is 9.88. The first-order valence-electron chi connectivity index (χ1n) is 8.68. The largest absolute Gasteiger partial charge is 0.463 e. The minimum absolute atomic E-state index is 0.170. The molecule has 5 nitrogen and oxygen atoms in total. The van der Waals surface area contributed by atoms with E-state index in [1.54, 1.807) is 11.8 Å². The number of carbonyl (C=O) groups excluding carboxylic acids is 1. The van der Waals surface area contributed by atoms with Crippen molar-refractivity contribution < 1.29 is 14.3 Å². The van der Waals surface area contributed by atoms with E-state index in [4.69, 9.17) is 26.1 Å². The van der Waals surface area contributed by atoms with Crippen LogP contribution in [0, 0.1) is 0 Å². The minimum atomic E-state index is -0.304. The summed E-state index contributed by atoms with van der Waals surface area (Å²) >= 11 is 7.67. The molecule has 0 saturated carbocycles. The van der Waals surface area contributed by atoms with Crippen LogP contribution >= 0.6 is 23.4 Å². The molecule has 2 aromatic rings. The summed E-state index contributed by atoms with van der Waals surface area (Å²) in [5.41, 5.74) is 1.08. The van der Waals surface area contributed by atoms with E-state index in [-0.39, 0.29) is 18.7 Å². The van der Waals surface area contributed by atoms with Gasteiger partial charge in [-0.1, -0.05) is 50.2 Å². The number of halogens is 1. The van der Waals surface area contributed by atoms with Gasteiger partial charge in [0.25, 0.3) is 0 Å². The van der Waals surface area contributed by atoms with Gasteiger partial charge in [-0.3, -0.25) is 4.79 Å². The lowest BCUT2D eigenvalue weighted by Gasteiger charge is -2.13. The molecule has 1 aromatic carbocycles. The highest BCUT2D eigenvalue weighted by atomic mass is 35.5. The number of imidazole rings is 1. The Balaban J connectivity index is 2.14. The summed E-state index contributed by atoms with van der Waals surface area (Å²) < 4.78 is 10.8. The predicted octanol–water partition coefficient (Wildman–Crippen LogP) is 5.37. The first-order chi connectivity index (χ1) is 12.4. The Labute approximate surface area is 163 Å². The topological polar surface area (TPSA) is 64.2 Å². The molecule has 26 heavy (non-hydrogen) atoms. The third kappa shape index (κ3) is 6.04. The first kappa shape index (κ1) is 20.8. The summed E-state index contributed by atoms with van der Waals surface area (Å²) in [7, 11) is 0. The zero-order valence-electron chi connectivity index (χ0n) is 15.5. The molecule has 0 saturated heterocycles. The number of aromatic nitrogens is 2. The Morgan fingerprint density at radius 1 is 1.35 bits per heavy atom. The fourth-order valence-electron chi connectivity index (χ4n) is 2.42. The maximum Gasteiger partial charge on any atom is 0.302 e. The highest BCUT2D eigenvalue weighted by Crippen LogP contribution is 2.35. The van der Waals surface area contributed by atoms with Gasteiger partial charge >= 0.3 is 5.97 Å². The molecule has 7 heteroatoms. The van der Waals surface area contributed by atoms with Gasteiger partial charge in [-0.2, -0.15) is 0 Å². The lowest BCUT2D eigenvalue weighted by Crippen LogP contribution is -2.12. The number of benzene rings is 1. The van der Waals surface area contributed by atoms with Crippen molar-refractivity contribution in [2.45, 2.75) is 56.1 Å². The van der Waals surface area contributed by atoms with Crippen LogP contribution in [0.2, 0.25) is 5.02 Å². The molecular weight excluding hydrogens is 372 g/mol. The van der Waals surface area contributed by atoms with Crippen molar-refractivity contribution in [3.05, 3.63) is 40.8 Å². The summed E-state index contributed by atoms with van der Waals surface area (Å²) in [6.07, 6.45) is 0.601. The Morgan fingerprint density at radius 2 is 2.12 bits per heavy atom. The van der Waals surface area contributed by atoms with Gasteiger partial charge in [0.2, 0.25) is 0 Å². The molecule has 1 heterocycles. The molecule has 1 aromatic heterocycles. The van der Waals surface area contributed by atoms with Crippen LogP contribution in [0.1, 0.15) is 57.7 Å². The van der Waals surface area contributed by atoms with E-state index in [1.165, 1.54) is 6.92 Å². The van der Waals surface area contributed by atoms with Crippen LogP contribution in [0.4, 0.5) is 0 Å². The molecule has 0 spiro atoms. The van der Waals surface area contributed by atoms with Crippen molar-refractivity contribution in [3.63, 3.8) is 0 Å². The van der Waals surface area contributed by atoms with Gasteiger partial charge in [0.05, 0.1) is 12.3 Å². The van der Waals surface area contributed by atoms with Gasteiger partial charge in [0.15, 0.2) is 0 Å². The summed E-state index contributed by atoms with van der Waals surface area (Å²) in [5.74, 6) is 0.794. The van der Waals surface area contributed by atoms with Gasteiger partial charge in [-0.25, -0.2) is 4.98 Å². The van der Waals surface area contributed by atoms with Gasteiger partial charge in [-0.05, 0) is 30.5 Å². The third-order valence-electron chi connectivity index (χ3n) is 3.69. The molecule has 0 aliphatic rings. The molecular formula is C19H25ClN2O3S. The average molecular weight is 397 g/mol. The normalized spacial score (nSPS) is 12.4. The highest BCUT2D eigenvalue weighted by molar-refractivity contribution is 7.99. The second-order valence-electron chi connectivity index (χ2n) is 6.16. The van der Waals surface area contributed by atoms with Gasteiger partial charge < -0.3 is 14.5 Å². The van der Waals surface area contributed by atoms with E-state index < -0.39 is 0 Å². The van der Waals surface area contributed by atoms with Crippen molar-refractivity contribution in [3.8, 4) is 0 Å². The molecule has 0 amide bonds. The minimum Gasteiger partial charge on any atom is -0.463 e. The SMILES string of the molecule is CCC(OCCOC(C)=O)c1nc(Sc2cccc(Cl)c2)c(C(C)C)[nH]1. The second-order valence-corrected chi connectivity index (χ2v) is 7.66. The number of rotatable bonds is 9. The average Bonchev–Trinajstić information content (AvgIpc) is 2.98. The lowest BCUT2D eigenvalue weighted by molar-refractivity contribution is -0.143. The van der Waals surface area contributed by atoms with Crippen molar-refractivity contribution >= 4 is 29.3 Å². The number of nitrogens with one attached hydrogen (secondary N) is 1. The number of ether oxygens (including phenoxy) is 2. The molecule has 142 valence electrons. The Hall–Kier alpha value is -1.50. The third-order valence-corrected chi connectivity index (χ3v) is 4.92. The molecule has 0 radical (unpaired) electrons. The van der Waals surface area contributed by atoms with Gasteiger partial charge in [0, 0.05) is 16.8 Å². The number of esters is 1. The number of aromatic amines is 1. The predicted molar refractivity (Wildman–Crippen MR) is 104 cm³/mol. The lowest BCUT2D eigenvalue weighted by atomic mass is 10.1. The van der Waals surface area contributed by atoms with Gasteiger partial charge in [0.1, 0.15) is 23.6 Å². The molecule has 0 aliphatic carbocycles. The van der Waals surface area contributed by atoms with Crippen LogP contribution < -0.4 is 0 Å². The molecule has 2 rings (SSSR count). The van der Waals surface area contributed by atoms with E-state index in [0.29, 0.717) is 17.5 Å². The molecule has 0 aliphatic heterocycles. The molecule has 0 bridgehead atoms. The zero-order chi connectivity index (χ0) is 19.1. The number of hydrogen-bond donors (Lipinski definition) is 1. The van der Waals surface area contributed by atoms with Crippen LogP contribution in [0.5, 0.6) is 0 Å². The fourth-order valence-corrected chi connectivity index (χ4v) is 3.77. The molecule has 1 atom stereocenters. The Kier molecular flexibility index (Phi) is 8.00. The van der Waals surface area contributed by atoms with Crippen LogP contribution in [0.15, 0.2) is 34.2 Å². The van der Waals surface area contributed by atoms with Crippen LogP contribution in [0.3, 0.4) is 0 Å². The van der Waals surface area contributed by atoms with Crippen molar-refractivity contribution in [1.82, 2.24) is 9.97 Å². The van der Waals surface area contributed by atoms with E-state index in [1.807, 2.05) is 31.2 Å². The molecule has 0 fully saturated rings. The summed E-state index contributed by atoms with van der Waals surface area (Å²) in [6, 6.07) is 7.73. The maximum atomic E-state index is 10.8. The van der Waals surface area contributed by atoms with Crippen molar-refractivity contribution in [1.29, 1.82) is 0 Å². The fraction of sp³-hybridized carbons (Fsp3) is 0.474. The van der Waals surface area contributed by atoms with Crippen LogP contribution in [0.25, 0.3) is 0 Å². The van der Waals surface area contributed by atoms with Crippen molar-refractivity contribution in [2.75, 3.05) is 13.2 Å². The van der Waals surface area contributed by atoms with E-state index >= 15 is 0 Å².